The lowest BCUT2D eigenvalue weighted by Gasteiger charge is -2.08. The molecular weight excluding hydrogens is 274 g/mol. The van der Waals surface area contributed by atoms with Crippen LogP contribution in [0.3, 0.4) is 0 Å². The van der Waals surface area contributed by atoms with Crippen LogP contribution in [0.25, 0.3) is 0 Å². The van der Waals surface area contributed by atoms with Crippen LogP contribution >= 0.6 is 0 Å². The number of carboxylic acid groups (broad SMARTS) is 1. The molecule has 2 aromatic rings. The third-order valence-corrected chi connectivity index (χ3v) is 2.67. The smallest absolute Gasteiger partial charge is 0.319 e. The molecule has 3 N–H and O–H groups in total. The predicted molar refractivity (Wildman–Crippen MR) is 74.8 cm³/mol. The number of nitrogens with zero attached hydrogens (tertiary/aromatic N) is 3. The van der Waals surface area contributed by atoms with Crippen LogP contribution in [-0.4, -0.2) is 38.6 Å². The molecule has 2 rings (SSSR count). The van der Waals surface area contributed by atoms with E-state index in [0.717, 1.165) is 0 Å². The van der Waals surface area contributed by atoms with Gasteiger partial charge in [-0.1, -0.05) is 17.3 Å². The summed E-state index contributed by atoms with van der Waals surface area (Å²) >= 11 is 0. The van der Waals surface area contributed by atoms with Gasteiger partial charge >= 0.3 is 12.0 Å². The number of anilines is 1. The Morgan fingerprint density at radius 3 is 2.62 bits per heavy atom. The largest absolute Gasteiger partial charge is 0.481 e. The average molecular weight is 289 g/mol. The van der Waals surface area contributed by atoms with Gasteiger partial charge in [-0.15, -0.1) is 5.10 Å². The Balaban J connectivity index is 1.75. The number of aliphatic carboxylic acids is 1. The van der Waals surface area contributed by atoms with Gasteiger partial charge in [0.1, 0.15) is 0 Å². The standard InChI is InChI=1S/C13H15N5O3/c19-12(20)9-10-1-3-11(4-2-10)16-13(21)14-5-7-18-8-6-15-17-18/h1-4,6,8H,5,7,9H2,(H,19,20)(H2,14,16,21). The molecular formula is C13H15N5O3. The average Bonchev–Trinajstić information content (AvgIpc) is 2.93. The second-order valence-corrected chi connectivity index (χ2v) is 4.31. The van der Waals surface area contributed by atoms with Crippen molar-refractivity contribution in [3.63, 3.8) is 0 Å². The number of nitrogens with one attached hydrogen (secondary N) is 2. The van der Waals surface area contributed by atoms with E-state index in [0.29, 0.717) is 24.3 Å². The van der Waals surface area contributed by atoms with Gasteiger partial charge in [0.05, 0.1) is 19.2 Å². The molecule has 0 radical (unpaired) electrons. The number of benzene rings is 1. The van der Waals surface area contributed by atoms with Crippen LogP contribution in [0.15, 0.2) is 36.7 Å². The summed E-state index contributed by atoms with van der Waals surface area (Å²) in [6.07, 6.45) is 3.24. The van der Waals surface area contributed by atoms with Gasteiger partial charge in [-0.3, -0.25) is 9.48 Å². The number of hydrogen-bond acceptors (Lipinski definition) is 4. The molecule has 2 amide bonds. The molecule has 0 unspecified atom stereocenters. The number of carboxylic acids is 1. The Morgan fingerprint density at radius 2 is 2.00 bits per heavy atom. The molecule has 0 atom stereocenters. The van der Waals surface area contributed by atoms with E-state index in [-0.39, 0.29) is 12.5 Å². The fourth-order valence-electron chi connectivity index (χ4n) is 1.69. The summed E-state index contributed by atoms with van der Waals surface area (Å²) in [5.74, 6) is -0.887. The van der Waals surface area contributed by atoms with Crippen molar-refractivity contribution in [3.05, 3.63) is 42.2 Å². The highest BCUT2D eigenvalue weighted by Crippen LogP contribution is 2.09. The summed E-state index contributed by atoms with van der Waals surface area (Å²) in [6, 6.07) is 6.32. The van der Waals surface area contributed by atoms with Crippen molar-refractivity contribution in [2.75, 3.05) is 11.9 Å². The number of urea groups is 1. The van der Waals surface area contributed by atoms with Crippen LogP contribution in [0.2, 0.25) is 0 Å². The lowest BCUT2D eigenvalue weighted by Crippen LogP contribution is -2.31. The maximum Gasteiger partial charge on any atom is 0.319 e. The van der Waals surface area contributed by atoms with E-state index in [1.807, 2.05) is 0 Å². The second kappa shape index (κ2) is 7.04. The molecule has 1 aromatic carbocycles. The fraction of sp³-hybridized carbons (Fsp3) is 0.231. The third-order valence-electron chi connectivity index (χ3n) is 2.67. The molecule has 8 nitrogen and oxygen atoms in total. The molecule has 21 heavy (non-hydrogen) atoms. The molecule has 0 aliphatic carbocycles. The Hall–Kier alpha value is -2.90. The van der Waals surface area contributed by atoms with Gasteiger partial charge in [0.15, 0.2) is 0 Å². The first-order valence-corrected chi connectivity index (χ1v) is 6.33. The van der Waals surface area contributed by atoms with Crippen molar-refractivity contribution in [2.24, 2.45) is 0 Å². The molecule has 8 heteroatoms. The van der Waals surface area contributed by atoms with Gasteiger partial charge < -0.3 is 15.7 Å². The number of rotatable bonds is 6. The SMILES string of the molecule is O=C(O)Cc1ccc(NC(=O)NCCn2ccnn2)cc1. The van der Waals surface area contributed by atoms with Crippen LogP contribution in [-0.2, 0) is 17.8 Å². The summed E-state index contributed by atoms with van der Waals surface area (Å²) in [5, 5.41) is 21.4. The number of hydrogen-bond donors (Lipinski definition) is 3. The Kier molecular flexibility index (Phi) is 4.86. The van der Waals surface area contributed by atoms with E-state index in [4.69, 9.17) is 5.11 Å². The highest BCUT2D eigenvalue weighted by molar-refractivity contribution is 5.89. The summed E-state index contributed by atoms with van der Waals surface area (Å²) in [4.78, 5) is 22.2. The lowest BCUT2D eigenvalue weighted by molar-refractivity contribution is -0.136. The summed E-state index contributed by atoms with van der Waals surface area (Å²) in [5.41, 5.74) is 1.28. The number of carbonyl (C=O) groups excluding carboxylic acids is 1. The van der Waals surface area contributed by atoms with Gasteiger partial charge in [-0.05, 0) is 17.7 Å². The van der Waals surface area contributed by atoms with Gasteiger partial charge in [-0.25, -0.2) is 4.79 Å². The molecule has 0 saturated heterocycles. The van der Waals surface area contributed by atoms with E-state index >= 15 is 0 Å². The molecule has 0 aliphatic rings. The number of aromatic nitrogens is 3. The summed E-state index contributed by atoms with van der Waals surface area (Å²) in [7, 11) is 0. The molecule has 0 fully saturated rings. The normalized spacial score (nSPS) is 10.1. The quantitative estimate of drug-likeness (QED) is 0.726. The molecule has 0 bridgehead atoms. The minimum absolute atomic E-state index is 0.0373. The van der Waals surface area contributed by atoms with Gasteiger partial charge in [0.2, 0.25) is 0 Å². The van der Waals surface area contributed by atoms with Crippen molar-refractivity contribution >= 4 is 17.7 Å². The van der Waals surface area contributed by atoms with Crippen LogP contribution in [0.4, 0.5) is 10.5 Å². The minimum atomic E-state index is -0.887. The highest BCUT2D eigenvalue weighted by Gasteiger charge is 2.03. The van der Waals surface area contributed by atoms with E-state index in [1.165, 1.54) is 0 Å². The maximum atomic E-state index is 11.6. The maximum absolute atomic E-state index is 11.6. The molecule has 110 valence electrons. The molecule has 0 saturated carbocycles. The molecule has 1 aromatic heterocycles. The van der Waals surface area contributed by atoms with Gasteiger partial charge in [0.25, 0.3) is 0 Å². The van der Waals surface area contributed by atoms with E-state index in [2.05, 4.69) is 20.9 Å². The van der Waals surface area contributed by atoms with Crippen LogP contribution in [0.5, 0.6) is 0 Å². The van der Waals surface area contributed by atoms with Crippen molar-refractivity contribution in [2.45, 2.75) is 13.0 Å². The zero-order valence-corrected chi connectivity index (χ0v) is 11.2. The topological polar surface area (TPSA) is 109 Å². The van der Waals surface area contributed by atoms with Crippen molar-refractivity contribution < 1.29 is 14.7 Å². The molecule has 0 aliphatic heterocycles. The second-order valence-electron chi connectivity index (χ2n) is 4.31. The van der Waals surface area contributed by atoms with E-state index in [9.17, 15) is 9.59 Å². The number of amides is 2. The van der Waals surface area contributed by atoms with Crippen molar-refractivity contribution in [3.8, 4) is 0 Å². The van der Waals surface area contributed by atoms with Crippen LogP contribution in [0, 0.1) is 0 Å². The number of carbonyl (C=O) groups is 2. The van der Waals surface area contributed by atoms with E-state index in [1.54, 1.807) is 41.3 Å². The fourth-order valence-corrected chi connectivity index (χ4v) is 1.69. The first-order valence-electron chi connectivity index (χ1n) is 6.33. The third kappa shape index (κ3) is 4.94. The van der Waals surface area contributed by atoms with Crippen molar-refractivity contribution in [1.82, 2.24) is 20.3 Å². The monoisotopic (exact) mass is 289 g/mol. The Labute approximate surface area is 120 Å². The van der Waals surface area contributed by atoms with Gasteiger partial charge in [0, 0.05) is 18.4 Å². The van der Waals surface area contributed by atoms with Gasteiger partial charge in [-0.2, -0.15) is 0 Å². The Bertz CT molecular complexity index is 595. The Morgan fingerprint density at radius 1 is 1.24 bits per heavy atom. The zero-order chi connectivity index (χ0) is 15.1. The molecule has 0 spiro atoms. The molecule has 1 heterocycles. The van der Waals surface area contributed by atoms with Crippen molar-refractivity contribution in [1.29, 1.82) is 0 Å². The minimum Gasteiger partial charge on any atom is -0.481 e. The van der Waals surface area contributed by atoms with Crippen LogP contribution < -0.4 is 10.6 Å². The van der Waals surface area contributed by atoms with Crippen LogP contribution in [0.1, 0.15) is 5.56 Å². The first kappa shape index (κ1) is 14.5. The predicted octanol–water partition coefficient (Wildman–Crippen LogP) is 0.727. The summed E-state index contributed by atoms with van der Waals surface area (Å²) < 4.78 is 1.61. The zero-order valence-electron chi connectivity index (χ0n) is 11.2. The summed E-state index contributed by atoms with van der Waals surface area (Å²) in [6.45, 7) is 0.956. The van der Waals surface area contributed by atoms with E-state index < -0.39 is 5.97 Å². The highest BCUT2D eigenvalue weighted by atomic mass is 16.4. The lowest BCUT2D eigenvalue weighted by atomic mass is 10.1. The first-order chi connectivity index (χ1) is 10.1.